The van der Waals surface area contributed by atoms with Gasteiger partial charge in [-0.25, -0.2) is 0 Å². The second-order valence-corrected chi connectivity index (χ2v) is 11.6. The Morgan fingerprint density at radius 1 is 0.722 bits per heavy atom. The van der Waals surface area contributed by atoms with Gasteiger partial charge >= 0.3 is 0 Å². The molecule has 2 amide bonds. The van der Waals surface area contributed by atoms with Crippen LogP contribution in [0.4, 0.5) is 0 Å². The van der Waals surface area contributed by atoms with Crippen molar-refractivity contribution in [2.45, 2.75) is 91.5 Å². The lowest BCUT2D eigenvalue weighted by atomic mass is 9.90. The van der Waals surface area contributed by atoms with Gasteiger partial charge in [-0.2, -0.15) is 0 Å². The molecule has 0 radical (unpaired) electrons. The van der Waals surface area contributed by atoms with E-state index in [4.69, 9.17) is 9.47 Å². The summed E-state index contributed by atoms with van der Waals surface area (Å²) in [7, 11) is 0. The number of carbonyl (C=O) groups is 2. The number of hydrogen-bond acceptors (Lipinski definition) is 4. The Bertz CT molecular complexity index is 987. The number of benzene rings is 2. The van der Waals surface area contributed by atoms with Gasteiger partial charge in [-0.1, -0.05) is 44.7 Å². The highest BCUT2D eigenvalue weighted by atomic mass is 79.9. The zero-order chi connectivity index (χ0) is 26.6. The van der Waals surface area contributed by atoms with Gasteiger partial charge in [-0.3, -0.25) is 9.59 Å². The van der Waals surface area contributed by atoms with E-state index in [9.17, 15) is 9.59 Å². The van der Waals surface area contributed by atoms with E-state index in [0.717, 1.165) is 68.4 Å². The maximum atomic E-state index is 13.0. The van der Waals surface area contributed by atoms with Gasteiger partial charge in [0.15, 0.2) is 12.2 Å². The normalized spacial score (nSPS) is 19.2. The lowest BCUT2D eigenvalue weighted by molar-refractivity contribution is -0.131. The van der Waals surface area contributed by atoms with Crippen molar-refractivity contribution in [2.75, 3.05) is 0 Å². The van der Waals surface area contributed by atoms with Crippen molar-refractivity contribution in [1.82, 2.24) is 10.6 Å². The molecule has 0 spiro atoms. The monoisotopic (exact) mass is 622 g/mol. The first kappa shape index (κ1) is 28.5. The predicted molar refractivity (Wildman–Crippen MR) is 150 cm³/mol. The van der Waals surface area contributed by atoms with Crippen molar-refractivity contribution in [3.8, 4) is 11.5 Å². The number of rotatable bonds is 8. The van der Waals surface area contributed by atoms with E-state index in [1.807, 2.05) is 52.0 Å². The van der Waals surface area contributed by atoms with Gasteiger partial charge in [-0.15, -0.1) is 0 Å². The van der Waals surface area contributed by atoms with Gasteiger partial charge in [-0.05, 0) is 101 Å². The number of hydrogen-bond donors (Lipinski definition) is 2. The molecular formula is C28H36Br2N2O4. The molecule has 196 valence electrons. The molecule has 36 heavy (non-hydrogen) atoms. The zero-order valence-corrected chi connectivity index (χ0v) is 25.0. The first-order valence-corrected chi connectivity index (χ1v) is 14.0. The average Bonchev–Trinajstić information content (AvgIpc) is 2.79. The Hall–Kier alpha value is -2.06. The van der Waals surface area contributed by atoms with Gasteiger partial charge in [0.25, 0.3) is 11.8 Å². The predicted octanol–water partition coefficient (Wildman–Crippen LogP) is 6.22. The molecule has 4 atom stereocenters. The van der Waals surface area contributed by atoms with Crippen LogP contribution >= 0.6 is 31.9 Å². The first-order chi connectivity index (χ1) is 17.0. The van der Waals surface area contributed by atoms with Gasteiger partial charge in [0.1, 0.15) is 11.5 Å². The average molecular weight is 624 g/mol. The highest BCUT2D eigenvalue weighted by Crippen LogP contribution is 2.29. The molecule has 0 bridgehead atoms. The van der Waals surface area contributed by atoms with Crippen molar-refractivity contribution in [2.24, 2.45) is 0 Å². The number of aryl methyl sites for hydroxylation is 4. The molecule has 1 saturated carbocycles. The van der Waals surface area contributed by atoms with Crippen molar-refractivity contribution < 1.29 is 19.1 Å². The minimum Gasteiger partial charge on any atom is -0.480 e. The molecule has 4 unspecified atom stereocenters. The maximum absolute atomic E-state index is 13.0. The number of ether oxygens (including phenoxy) is 2. The van der Waals surface area contributed by atoms with Crippen LogP contribution in [0.1, 0.15) is 61.8 Å². The number of halogens is 2. The fourth-order valence-electron chi connectivity index (χ4n) is 4.70. The Kier molecular flexibility index (Phi) is 9.86. The lowest BCUT2D eigenvalue weighted by Gasteiger charge is -2.34. The van der Waals surface area contributed by atoms with Gasteiger partial charge in [0.05, 0.1) is 0 Å². The van der Waals surface area contributed by atoms with E-state index in [1.54, 1.807) is 13.8 Å². The van der Waals surface area contributed by atoms with Crippen molar-refractivity contribution in [1.29, 1.82) is 0 Å². The summed E-state index contributed by atoms with van der Waals surface area (Å²) >= 11 is 6.98. The highest BCUT2D eigenvalue weighted by Gasteiger charge is 2.31. The van der Waals surface area contributed by atoms with Crippen LogP contribution in [0.3, 0.4) is 0 Å². The molecule has 0 saturated heterocycles. The third kappa shape index (κ3) is 7.25. The van der Waals surface area contributed by atoms with Gasteiger partial charge in [0.2, 0.25) is 0 Å². The second-order valence-electron chi connectivity index (χ2n) is 9.77. The molecule has 3 rings (SSSR count). The Morgan fingerprint density at radius 3 is 1.33 bits per heavy atom. The Balaban J connectivity index is 1.61. The van der Waals surface area contributed by atoms with Crippen LogP contribution < -0.4 is 20.1 Å². The van der Waals surface area contributed by atoms with E-state index in [1.165, 1.54) is 0 Å². The van der Waals surface area contributed by atoms with Crippen LogP contribution in [0, 0.1) is 27.7 Å². The molecule has 2 aromatic rings. The molecular weight excluding hydrogens is 588 g/mol. The van der Waals surface area contributed by atoms with Crippen LogP contribution in [0.25, 0.3) is 0 Å². The van der Waals surface area contributed by atoms with E-state index in [2.05, 4.69) is 42.5 Å². The van der Waals surface area contributed by atoms with Crippen molar-refractivity contribution >= 4 is 43.7 Å². The fraction of sp³-hybridized carbons (Fsp3) is 0.500. The van der Waals surface area contributed by atoms with Crippen LogP contribution in [-0.4, -0.2) is 36.1 Å². The van der Waals surface area contributed by atoms with Crippen LogP contribution in [0.2, 0.25) is 0 Å². The summed E-state index contributed by atoms with van der Waals surface area (Å²) < 4.78 is 14.0. The number of amides is 2. The van der Waals surface area contributed by atoms with E-state index in [0.29, 0.717) is 0 Å². The topological polar surface area (TPSA) is 76.7 Å². The molecule has 1 aliphatic rings. The SMILES string of the molecule is Cc1cc(Br)cc(C)c1OC(C)C(=O)NC1CCCCC1NC(=O)C(C)Oc1c(C)cc(Br)cc1C. The minimum atomic E-state index is -0.660. The second kappa shape index (κ2) is 12.5. The molecule has 2 aromatic carbocycles. The number of carbonyl (C=O) groups excluding carboxylic acids is 2. The molecule has 2 N–H and O–H groups in total. The summed E-state index contributed by atoms with van der Waals surface area (Å²) in [5, 5.41) is 6.25. The molecule has 6 nitrogen and oxygen atoms in total. The first-order valence-electron chi connectivity index (χ1n) is 12.4. The van der Waals surface area contributed by atoms with Gasteiger partial charge < -0.3 is 20.1 Å². The standard InChI is InChI=1S/C28H36Br2N2O4/c1-15-11-21(29)12-16(2)25(15)35-19(5)27(33)31-23-9-7-8-10-24(23)32-28(34)20(6)36-26-17(3)13-22(30)14-18(26)4/h11-14,19-20,23-24H,7-10H2,1-6H3,(H,31,33)(H,32,34). The van der Waals surface area contributed by atoms with Crippen LogP contribution in [0.5, 0.6) is 11.5 Å². The molecule has 0 heterocycles. The van der Waals surface area contributed by atoms with Crippen molar-refractivity contribution in [3.05, 3.63) is 55.5 Å². The summed E-state index contributed by atoms with van der Waals surface area (Å²) in [6.07, 6.45) is 2.29. The molecule has 1 fully saturated rings. The summed E-state index contributed by atoms with van der Waals surface area (Å²) in [6.45, 7) is 11.4. The van der Waals surface area contributed by atoms with Gasteiger partial charge in [0, 0.05) is 21.0 Å². The molecule has 8 heteroatoms. The van der Waals surface area contributed by atoms with E-state index >= 15 is 0 Å². The molecule has 0 aromatic heterocycles. The number of nitrogens with one attached hydrogen (secondary N) is 2. The maximum Gasteiger partial charge on any atom is 0.261 e. The summed E-state index contributed by atoms with van der Waals surface area (Å²) in [5.41, 5.74) is 3.87. The summed E-state index contributed by atoms with van der Waals surface area (Å²) in [4.78, 5) is 26.1. The molecule has 0 aliphatic heterocycles. The summed E-state index contributed by atoms with van der Waals surface area (Å²) in [5.74, 6) is 1.07. The summed E-state index contributed by atoms with van der Waals surface area (Å²) in [6, 6.07) is 7.58. The Morgan fingerprint density at radius 2 is 1.03 bits per heavy atom. The van der Waals surface area contributed by atoms with E-state index < -0.39 is 12.2 Å². The van der Waals surface area contributed by atoms with E-state index in [-0.39, 0.29) is 23.9 Å². The molecule has 1 aliphatic carbocycles. The van der Waals surface area contributed by atoms with Crippen molar-refractivity contribution in [3.63, 3.8) is 0 Å². The zero-order valence-electron chi connectivity index (χ0n) is 21.8. The van der Waals surface area contributed by atoms with Crippen LogP contribution in [-0.2, 0) is 9.59 Å². The Labute approximate surface area is 231 Å². The largest absolute Gasteiger partial charge is 0.480 e. The fourth-order valence-corrected chi connectivity index (χ4v) is 6.08. The highest BCUT2D eigenvalue weighted by molar-refractivity contribution is 9.10. The minimum absolute atomic E-state index is 0.156. The third-order valence-electron chi connectivity index (χ3n) is 6.60. The lowest BCUT2D eigenvalue weighted by Crippen LogP contribution is -2.56. The quantitative estimate of drug-likeness (QED) is 0.366. The third-order valence-corrected chi connectivity index (χ3v) is 7.51. The smallest absolute Gasteiger partial charge is 0.261 e. The van der Waals surface area contributed by atoms with Crippen LogP contribution in [0.15, 0.2) is 33.2 Å².